The molecule has 1 N–H and O–H groups in total. The molecule has 0 spiro atoms. The fourth-order valence-corrected chi connectivity index (χ4v) is 2.36. The van der Waals surface area contributed by atoms with Crippen molar-refractivity contribution >= 4 is 0 Å². The summed E-state index contributed by atoms with van der Waals surface area (Å²) in [5.41, 5.74) is 0. The monoisotopic (exact) mass is 167 g/mol. The smallest absolute Gasteiger partial charge is 0.00746 e. The topological polar surface area (TPSA) is 12.0 Å². The molecule has 0 radical (unpaired) electrons. The highest BCUT2D eigenvalue weighted by Gasteiger charge is 2.28. The molecule has 2 aliphatic rings. The molecule has 1 unspecified atom stereocenters. The van der Waals surface area contributed by atoms with Crippen molar-refractivity contribution in [2.45, 2.75) is 58.0 Å². The molecule has 0 bridgehead atoms. The molecule has 70 valence electrons. The minimum absolute atomic E-state index is 0.773. The van der Waals surface area contributed by atoms with Crippen molar-refractivity contribution in [3.63, 3.8) is 0 Å². The van der Waals surface area contributed by atoms with Crippen LogP contribution in [0.5, 0.6) is 0 Å². The second-order valence-corrected chi connectivity index (χ2v) is 5.02. The quantitative estimate of drug-likeness (QED) is 0.678. The third-order valence-corrected chi connectivity index (χ3v) is 3.28. The van der Waals surface area contributed by atoms with Gasteiger partial charge in [0.2, 0.25) is 0 Å². The molecule has 1 heteroatoms. The molecule has 0 aliphatic heterocycles. The molecule has 0 aromatic rings. The van der Waals surface area contributed by atoms with Crippen molar-refractivity contribution in [1.29, 1.82) is 0 Å². The Morgan fingerprint density at radius 3 is 2.50 bits per heavy atom. The average molecular weight is 167 g/mol. The van der Waals surface area contributed by atoms with E-state index in [1.165, 1.54) is 32.1 Å². The van der Waals surface area contributed by atoms with Crippen molar-refractivity contribution in [1.82, 2.24) is 5.32 Å². The van der Waals surface area contributed by atoms with Crippen molar-refractivity contribution < 1.29 is 0 Å². The highest BCUT2D eigenvalue weighted by molar-refractivity contribution is 4.86. The molecule has 0 aromatic heterocycles. The lowest BCUT2D eigenvalue weighted by molar-refractivity contribution is 0.221. The van der Waals surface area contributed by atoms with Crippen LogP contribution >= 0.6 is 0 Å². The lowest BCUT2D eigenvalue weighted by atomic mass is 9.81. The van der Waals surface area contributed by atoms with Gasteiger partial charge in [-0.25, -0.2) is 0 Å². The number of hydrogen-bond acceptors (Lipinski definition) is 1. The lowest BCUT2D eigenvalue weighted by Crippen LogP contribution is -2.44. The summed E-state index contributed by atoms with van der Waals surface area (Å²) in [6.07, 6.45) is 7.23. The summed E-state index contributed by atoms with van der Waals surface area (Å²) in [6, 6.07) is 1.63. The molecule has 0 aromatic carbocycles. The molecule has 1 atom stereocenters. The maximum atomic E-state index is 3.72. The Bertz CT molecular complexity index is 145. The van der Waals surface area contributed by atoms with Gasteiger partial charge in [0.15, 0.2) is 0 Å². The predicted molar refractivity (Wildman–Crippen MR) is 52.1 cm³/mol. The summed E-state index contributed by atoms with van der Waals surface area (Å²) in [6.45, 7) is 4.70. The molecule has 0 amide bonds. The van der Waals surface area contributed by atoms with E-state index < -0.39 is 0 Å². The fraction of sp³-hybridized carbons (Fsp3) is 1.00. The molecule has 2 aliphatic carbocycles. The van der Waals surface area contributed by atoms with Gasteiger partial charge in [-0.05, 0) is 38.0 Å². The largest absolute Gasteiger partial charge is 0.311 e. The third-order valence-electron chi connectivity index (χ3n) is 3.28. The van der Waals surface area contributed by atoms with Gasteiger partial charge in [0.05, 0.1) is 0 Å². The zero-order valence-electron chi connectivity index (χ0n) is 8.34. The Morgan fingerprint density at radius 2 is 2.00 bits per heavy atom. The van der Waals surface area contributed by atoms with Gasteiger partial charge in [0.1, 0.15) is 0 Å². The van der Waals surface area contributed by atoms with Gasteiger partial charge in [0, 0.05) is 12.1 Å². The Kier molecular flexibility index (Phi) is 2.40. The first kappa shape index (κ1) is 8.55. The Labute approximate surface area is 75.9 Å². The highest BCUT2D eigenvalue weighted by Crippen LogP contribution is 2.34. The van der Waals surface area contributed by atoms with E-state index >= 15 is 0 Å². The standard InChI is InChI=1S/C11H21N/c1-8-5-11(6-8)12-9(2)7-10-3-4-10/h8-12H,3-7H2,1-2H3. The maximum absolute atomic E-state index is 3.72. The van der Waals surface area contributed by atoms with Crippen LogP contribution in [0, 0.1) is 11.8 Å². The van der Waals surface area contributed by atoms with Crippen LogP contribution in [0.2, 0.25) is 0 Å². The maximum Gasteiger partial charge on any atom is 0.00746 e. The van der Waals surface area contributed by atoms with Crippen LogP contribution in [0.15, 0.2) is 0 Å². The van der Waals surface area contributed by atoms with Crippen LogP contribution in [0.25, 0.3) is 0 Å². The molecule has 0 heterocycles. The number of hydrogen-bond donors (Lipinski definition) is 1. The summed E-state index contributed by atoms with van der Waals surface area (Å²) in [5, 5.41) is 3.72. The normalized spacial score (nSPS) is 37.5. The van der Waals surface area contributed by atoms with Gasteiger partial charge in [-0.3, -0.25) is 0 Å². The lowest BCUT2D eigenvalue weighted by Gasteiger charge is -2.35. The van der Waals surface area contributed by atoms with E-state index in [2.05, 4.69) is 19.2 Å². The van der Waals surface area contributed by atoms with E-state index in [9.17, 15) is 0 Å². The minimum atomic E-state index is 0.773. The summed E-state index contributed by atoms with van der Waals surface area (Å²) < 4.78 is 0. The van der Waals surface area contributed by atoms with E-state index in [0.717, 1.165) is 23.9 Å². The van der Waals surface area contributed by atoms with Gasteiger partial charge >= 0.3 is 0 Å². The van der Waals surface area contributed by atoms with Crippen LogP contribution in [-0.2, 0) is 0 Å². The Balaban J connectivity index is 1.58. The SMILES string of the molecule is CC1CC(NC(C)CC2CC2)C1. The van der Waals surface area contributed by atoms with Gasteiger partial charge in [-0.15, -0.1) is 0 Å². The summed E-state index contributed by atoms with van der Waals surface area (Å²) >= 11 is 0. The van der Waals surface area contributed by atoms with Gasteiger partial charge in [-0.2, -0.15) is 0 Å². The van der Waals surface area contributed by atoms with Crippen molar-refractivity contribution in [2.75, 3.05) is 0 Å². The van der Waals surface area contributed by atoms with Crippen LogP contribution in [0.4, 0.5) is 0 Å². The molecule has 2 saturated carbocycles. The molecular weight excluding hydrogens is 146 g/mol. The van der Waals surface area contributed by atoms with Crippen molar-refractivity contribution in [3.05, 3.63) is 0 Å². The van der Waals surface area contributed by atoms with E-state index in [1.807, 2.05) is 0 Å². The van der Waals surface area contributed by atoms with E-state index in [4.69, 9.17) is 0 Å². The Hall–Kier alpha value is -0.0400. The van der Waals surface area contributed by atoms with Gasteiger partial charge in [-0.1, -0.05) is 19.8 Å². The van der Waals surface area contributed by atoms with Crippen molar-refractivity contribution in [2.24, 2.45) is 11.8 Å². The van der Waals surface area contributed by atoms with Crippen LogP contribution in [-0.4, -0.2) is 12.1 Å². The highest BCUT2D eigenvalue weighted by atomic mass is 15.0. The zero-order valence-corrected chi connectivity index (χ0v) is 8.34. The van der Waals surface area contributed by atoms with Crippen LogP contribution in [0.1, 0.15) is 46.0 Å². The summed E-state index contributed by atoms with van der Waals surface area (Å²) in [7, 11) is 0. The second kappa shape index (κ2) is 3.37. The van der Waals surface area contributed by atoms with Gasteiger partial charge in [0.25, 0.3) is 0 Å². The summed E-state index contributed by atoms with van der Waals surface area (Å²) in [5.74, 6) is 2.06. The van der Waals surface area contributed by atoms with Crippen molar-refractivity contribution in [3.8, 4) is 0 Å². The fourth-order valence-electron chi connectivity index (χ4n) is 2.36. The first-order chi connectivity index (χ1) is 5.74. The summed E-state index contributed by atoms with van der Waals surface area (Å²) in [4.78, 5) is 0. The molecular formula is C11H21N. The molecule has 0 saturated heterocycles. The van der Waals surface area contributed by atoms with E-state index in [0.29, 0.717) is 0 Å². The van der Waals surface area contributed by atoms with E-state index in [-0.39, 0.29) is 0 Å². The Morgan fingerprint density at radius 1 is 1.33 bits per heavy atom. The van der Waals surface area contributed by atoms with E-state index in [1.54, 1.807) is 0 Å². The molecule has 2 rings (SSSR count). The average Bonchev–Trinajstić information content (AvgIpc) is 2.68. The number of rotatable bonds is 4. The zero-order chi connectivity index (χ0) is 8.55. The van der Waals surface area contributed by atoms with Crippen LogP contribution < -0.4 is 5.32 Å². The molecule has 1 nitrogen and oxygen atoms in total. The first-order valence-electron chi connectivity index (χ1n) is 5.50. The number of nitrogens with one attached hydrogen (secondary N) is 1. The predicted octanol–water partition coefficient (Wildman–Crippen LogP) is 2.56. The molecule has 12 heavy (non-hydrogen) atoms. The minimum Gasteiger partial charge on any atom is -0.311 e. The first-order valence-corrected chi connectivity index (χ1v) is 5.50. The third kappa shape index (κ3) is 2.22. The second-order valence-electron chi connectivity index (χ2n) is 5.02. The molecule has 2 fully saturated rings. The van der Waals surface area contributed by atoms with Crippen LogP contribution in [0.3, 0.4) is 0 Å². The van der Waals surface area contributed by atoms with Gasteiger partial charge < -0.3 is 5.32 Å².